The third-order valence-corrected chi connectivity index (χ3v) is 8.68. The van der Waals surface area contributed by atoms with Gasteiger partial charge in [-0.25, -0.2) is 0 Å². The van der Waals surface area contributed by atoms with Crippen LogP contribution in [0.1, 0.15) is 155 Å². The molecule has 0 rings (SSSR count). The lowest BCUT2D eigenvalue weighted by molar-refractivity contribution is -0.112. The molecule has 0 bridgehead atoms. The summed E-state index contributed by atoms with van der Waals surface area (Å²) in [5.41, 5.74) is 0. The summed E-state index contributed by atoms with van der Waals surface area (Å²) in [6.45, 7) is 4.30. The van der Waals surface area contributed by atoms with Crippen LogP contribution in [-0.4, -0.2) is 25.1 Å². The highest BCUT2D eigenvalue weighted by atomic mass is 16.1. The van der Waals surface area contributed by atoms with Crippen molar-refractivity contribution < 1.29 is 19.2 Å². The van der Waals surface area contributed by atoms with Crippen LogP contribution in [0, 0.1) is 23.7 Å². The van der Waals surface area contributed by atoms with Gasteiger partial charge in [-0.05, 0) is 83.5 Å². The van der Waals surface area contributed by atoms with Crippen molar-refractivity contribution in [3.05, 3.63) is 48.6 Å². The van der Waals surface area contributed by atoms with E-state index >= 15 is 0 Å². The molecule has 0 aromatic heterocycles. The van der Waals surface area contributed by atoms with Gasteiger partial charge in [-0.1, -0.05) is 120 Å². The summed E-state index contributed by atoms with van der Waals surface area (Å²) < 4.78 is 0. The lowest BCUT2D eigenvalue weighted by Gasteiger charge is -2.12. The van der Waals surface area contributed by atoms with E-state index < -0.39 is 0 Å². The van der Waals surface area contributed by atoms with Crippen LogP contribution in [0.15, 0.2) is 48.6 Å². The molecule has 0 fully saturated rings. The Morgan fingerprint density at radius 2 is 0.886 bits per heavy atom. The molecule has 4 heteroatoms. The van der Waals surface area contributed by atoms with E-state index in [0.29, 0.717) is 0 Å². The first-order valence-electron chi connectivity index (χ1n) is 18.1. The predicted molar refractivity (Wildman–Crippen MR) is 188 cm³/mol. The molecule has 0 spiro atoms. The van der Waals surface area contributed by atoms with Crippen molar-refractivity contribution >= 4 is 25.1 Å². The van der Waals surface area contributed by atoms with Crippen LogP contribution in [0.5, 0.6) is 0 Å². The quantitative estimate of drug-likeness (QED) is 0.0321. The summed E-state index contributed by atoms with van der Waals surface area (Å²) in [6, 6.07) is 0. The molecule has 0 amide bonds. The SMILES string of the molecule is CCCCCCCCC=CC=CC=CCCCC(C=O)CCC=CCC(C=O)CCCC(C=O)CCCCCC(C=O)CC. The Hall–Kier alpha value is -2.36. The molecule has 0 aromatic carbocycles. The van der Waals surface area contributed by atoms with Gasteiger partial charge in [-0.2, -0.15) is 0 Å². The van der Waals surface area contributed by atoms with Crippen LogP contribution >= 0.6 is 0 Å². The average molecular weight is 611 g/mol. The second-order valence-corrected chi connectivity index (χ2v) is 12.6. The number of aldehydes is 4. The van der Waals surface area contributed by atoms with E-state index in [1.807, 2.05) is 6.92 Å². The maximum atomic E-state index is 11.5. The van der Waals surface area contributed by atoms with Crippen LogP contribution in [0.2, 0.25) is 0 Å². The van der Waals surface area contributed by atoms with Gasteiger partial charge >= 0.3 is 0 Å². The summed E-state index contributed by atoms with van der Waals surface area (Å²) in [5.74, 6) is 0.329. The van der Waals surface area contributed by atoms with Crippen LogP contribution in [-0.2, 0) is 19.2 Å². The first kappa shape index (κ1) is 41.6. The number of rotatable bonds is 33. The van der Waals surface area contributed by atoms with Gasteiger partial charge in [0.1, 0.15) is 25.1 Å². The first-order chi connectivity index (χ1) is 21.6. The van der Waals surface area contributed by atoms with Crippen LogP contribution < -0.4 is 0 Å². The number of hydrogen-bond donors (Lipinski definition) is 0. The van der Waals surface area contributed by atoms with Gasteiger partial charge in [0.25, 0.3) is 0 Å². The molecule has 4 unspecified atom stereocenters. The van der Waals surface area contributed by atoms with Crippen molar-refractivity contribution in [3.8, 4) is 0 Å². The number of allylic oxidation sites excluding steroid dienone is 8. The Morgan fingerprint density at radius 1 is 0.386 bits per heavy atom. The number of hydrogen-bond acceptors (Lipinski definition) is 4. The summed E-state index contributed by atoms with van der Waals surface area (Å²) in [6.07, 6.45) is 44.3. The maximum Gasteiger partial charge on any atom is 0.123 e. The summed E-state index contributed by atoms with van der Waals surface area (Å²) in [7, 11) is 0. The molecule has 4 nitrogen and oxygen atoms in total. The minimum absolute atomic E-state index is 0.00798. The fraction of sp³-hybridized carbons (Fsp3) is 0.700. The van der Waals surface area contributed by atoms with Crippen molar-refractivity contribution in [2.24, 2.45) is 23.7 Å². The zero-order chi connectivity index (χ0) is 32.4. The minimum Gasteiger partial charge on any atom is -0.303 e. The maximum absolute atomic E-state index is 11.5. The van der Waals surface area contributed by atoms with E-state index in [0.717, 1.165) is 128 Å². The smallest absolute Gasteiger partial charge is 0.123 e. The van der Waals surface area contributed by atoms with E-state index in [1.165, 1.54) is 38.5 Å². The third kappa shape index (κ3) is 27.2. The minimum atomic E-state index is -0.00798. The van der Waals surface area contributed by atoms with Crippen molar-refractivity contribution in [2.45, 2.75) is 155 Å². The number of carbonyl (C=O) groups excluding carboxylic acids is 4. The largest absolute Gasteiger partial charge is 0.303 e. The van der Waals surface area contributed by atoms with Crippen LogP contribution in [0.4, 0.5) is 0 Å². The second-order valence-electron chi connectivity index (χ2n) is 12.6. The molecule has 0 N–H and O–H groups in total. The fourth-order valence-corrected chi connectivity index (χ4v) is 5.52. The Morgan fingerprint density at radius 3 is 1.52 bits per heavy atom. The Labute approximate surface area is 271 Å². The van der Waals surface area contributed by atoms with E-state index in [9.17, 15) is 19.2 Å². The van der Waals surface area contributed by atoms with Gasteiger partial charge in [-0.3, -0.25) is 0 Å². The predicted octanol–water partition coefficient (Wildman–Crippen LogP) is 11.1. The van der Waals surface area contributed by atoms with Crippen molar-refractivity contribution in [1.29, 1.82) is 0 Å². The lowest BCUT2D eigenvalue weighted by atomic mass is 9.92. The van der Waals surface area contributed by atoms with Crippen LogP contribution in [0.25, 0.3) is 0 Å². The Kier molecular flexibility index (Phi) is 31.7. The molecule has 0 heterocycles. The fourth-order valence-electron chi connectivity index (χ4n) is 5.52. The van der Waals surface area contributed by atoms with Gasteiger partial charge in [0, 0.05) is 23.7 Å². The molecule has 0 aromatic rings. The van der Waals surface area contributed by atoms with E-state index in [1.54, 1.807) is 0 Å². The topological polar surface area (TPSA) is 68.3 Å². The highest BCUT2D eigenvalue weighted by Crippen LogP contribution is 2.20. The van der Waals surface area contributed by atoms with E-state index in [2.05, 4.69) is 55.5 Å². The molecular formula is C40H66O4. The van der Waals surface area contributed by atoms with Crippen molar-refractivity contribution in [2.75, 3.05) is 0 Å². The van der Waals surface area contributed by atoms with Crippen LogP contribution in [0.3, 0.4) is 0 Å². The number of carbonyl (C=O) groups is 4. The molecule has 0 aliphatic carbocycles. The highest BCUT2D eigenvalue weighted by Gasteiger charge is 2.11. The van der Waals surface area contributed by atoms with Crippen molar-refractivity contribution in [3.63, 3.8) is 0 Å². The Bertz CT molecular complexity index is 793. The first-order valence-corrected chi connectivity index (χ1v) is 18.1. The molecule has 0 aliphatic rings. The van der Waals surface area contributed by atoms with Gasteiger partial charge in [0.2, 0.25) is 0 Å². The molecular weight excluding hydrogens is 544 g/mol. The second kappa shape index (κ2) is 33.5. The van der Waals surface area contributed by atoms with Gasteiger partial charge in [-0.15, -0.1) is 0 Å². The monoisotopic (exact) mass is 610 g/mol. The Balaban J connectivity index is 3.96. The van der Waals surface area contributed by atoms with Gasteiger partial charge in [0.15, 0.2) is 0 Å². The molecule has 0 saturated heterocycles. The summed E-state index contributed by atoms with van der Waals surface area (Å²) in [5, 5.41) is 0. The summed E-state index contributed by atoms with van der Waals surface area (Å²) >= 11 is 0. The zero-order valence-corrected chi connectivity index (χ0v) is 28.4. The number of unbranched alkanes of at least 4 members (excludes halogenated alkanes) is 9. The standard InChI is InChI=1S/C40H66O4/c1-3-5-6-7-8-9-10-11-12-13-14-15-16-17-20-27-38(34-42)28-23-19-24-30-40(36-44)32-25-31-39(35-43)29-22-18-21-26-37(4-2)33-41/h11-16,19,24,33-40H,3-10,17-18,20-23,25-32H2,1-2H3. The third-order valence-electron chi connectivity index (χ3n) is 8.68. The average Bonchev–Trinajstić information content (AvgIpc) is 3.05. The summed E-state index contributed by atoms with van der Waals surface area (Å²) in [4.78, 5) is 45.5. The van der Waals surface area contributed by atoms with Gasteiger partial charge < -0.3 is 19.2 Å². The molecule has 44 heavy (non-hydrogen) atoms. The molecule has 0 radical (unpaired) electrons. The van der Waals surface area contributed by atoms with Crippen molar-refractivity contribution in [1.82, 2.24) is 0 Å². The normalized spacial score (nSPS) is 14.9. The van der Waals surface area contributed by atoms with E-state index in [-0.39, 0.29) is 23.7 Å². The lowest BCUT2D eigenvalue weighted by Crippen LogP contribution is -2.06. The highest BCUT2D eigenvalue weighted by molar-refractivity contribution is 5.54. The van der Waals surface area contributed by atoms with Gasteiger partial charge in [0.05, 0.1) is 0 Å². The van der Waals surface area contributed by atoms with E-state index in [4.69, 9.17) is 0 Å². The molecule has 4 atom stereocenters. The molecule has 0 aliphatic heterocycles. The molecule has 0 saturated carbocycles. The zero-order valence-electron chi connectivity index (χ0n) is 28.4. The molecule has 250 valence electrons.